The average molecular weight is 345 g/mol. The third-order valence-corrected chi connectivity index (χ3v) is 3.68. The van der Waals surface area contributed by atoms with Gasteiger partial charge in [0, 0.05) is 25.2 Å². The first-order chi connectivity index (χ1) is 12.2. The molecule has 0 atom stereocenters. The lowest BCUT2D eigenvalue weighted by Crippen LogP contribution is -2.22. The Bertz CT molecular complexity index is 645. The molecule has 0 aliphatic carbocycles. The van der Waals surface area contributed by atoms with E-state index in [1.807, 2.05) is 6.07 Å². The normalized spacial score (nSPS) is 10.5. The molecule has 0 aliphatic rings. The summed E-state index contributed by atoms with van der Waals surface area (Å²) in [6.07, 6.45) is 6.18. The fourth-order valence-corrected chi connectivity index (χ4v) is 2.27. The fraction of sp³-hybridized carbons (Fsp3) is 0.368. The summed E-state index contributed by atoms with van der Waals surface area (Å²) in [6, 6.07) is 9.30. The van der Waals surface area contributed by atoms with Crippen molar-refractivity contribution >= 4 is 5.91 Å². The second-order valence-electron chi connectivity index (χ2n) is 5.79. The monoisotopic (exact) mass is 345 g/mol. The van der Waals surface area contributed by atoms with Crippen LogP contribution in [0.2, 0.25) is 0 Å². The van der Waals surface area contributed by atoms with Crippen LogP contribution < -0.4 is 15.8 Å². The Kier molecular flexibility index (Phi) is 7.85. The number of hydrogen-bond acceptors (Lipinski definition) is 4. The van der Waals surface area contributed by atoms with Crippen molar-refractivity contribution in [2.24, 2.45) is 5.73 Å². The minimum atomic E-state index is -0.314. The van der Waals surface area contributed by atoms with Crippen molar-refractivity contribution < 1.29 is 13.9 Å². The van der Waals surface area contributed by atoms with Gasteiger partial charge in [0.25, 0.3) is 0 Å². The molecular formula is C19H24FN3O2. The molecule has 1 heterocycles. The first-order valence-corrected chi connectivity index (χ1v) is 8.52. The quantitative estimate of drug-likeness (QED) is 0.646. The number of amides is 1. The van der Waals surface area contributed by atoms with Gasteiger partial charge in [-0.25, -0.2) is 9.37 Å². The lowest BCUT2D eigenvalue weighted by atomic mass is 10.1. The van der Waals surface area contributed by atoms with Gasteiger partial charge in [0.05, 0.1) is 0 Å². The Labute approximate surface area is 147 Å². The van der Waals surface area contributed by atoms with E-state index in [1.54, 1.807) is 24.4 Å². The maximum absolute atomic E-state index is 12.9. The molecule has 0 saturated carbocycles. The van der Waals surface area contributed by atoms with Crippen LogP contribution in [0.1, 0.15) is 37.7 Å². The minimum Gasteiger partial charge on any atom is -0.439 e. The van der Waals surface area contributed by atoms with E-state index in [2.05, 4.69) is 10.3 Å². The molecule has 1 amide bonds. The highest BCUT2D eigenvalue weighted by Crippen LogP contribution is 2.19. The lowest BCUT2D eigenvalue weighted by molar-refractivity contribution is -0.121. The van der Waals surface area contributed by atoms with E-state index in [1.165, 1.54) is 12.1 Å². The molecule has 6 heteroatoms. The zero-order valence-electron chi connectivity index (χ0n) is 14.2. The van der Waals surface area contributed by atoms with Crippen molar-refractivity contribution in [1.82, 2.24) is 10.3 Å². The van der Waals surface area contributed by atoms with Gasteiger partial charge in [-0.05, 0) is 49.2 Å². The SMILES string of the molecule is NCCCCCCC(=O)NCc1ccc(Oc2ccc(F)cc2)nc1. The van der Waals surface area contributed by atoms with Gasteiger partial charge in [0.2, 0.25) is 11.8 Å². The van der Waals surface area contributed by atoms with Crippen LogP contribution in [0.5, 0.6) is 11.6 Å². The molecule has 25 heavy (non-hydrogen) atoms. The third kappa shape index (κ3) is 7.30. The molecule has 0 saturated heterocycles. The second-order valence-corrected chi connectivity index (χ2v) is 5.79. The predicted molar refractivity (Wildman–Crippen MR) is 94.7 cm³/mol. The van der Waals surface area contributed by atoms with Crippen molar-refractivity contribution in [2.75, 3.05) is 6.54 Å². The van der Waals surface area contributed by atoms with E-state index in [9.17, 15) is 9.18 Å². The Morgan fingerprint density at radius 1 is 1.08 bits per heavy atom. The standard InChI is InChI=1S/C19H24FN3O2/c20-16-7-9-17(10-8-16)25-19-11-6-15(14-23-19)13-22-18(24)5-3-1-2-4-12-21/h6-11,14H,1-5,12-13,21H2,(H,22,24). The largest absolute Gasteiger partial charge is 0.439 e. The van der Waals surface area contributed by atoms with Crippen LogP contribution in [-0.4, -0.2) is 17.4 Å². The smallest absolute Gasteiger partial charge is 0.220 e. The Morgan fingerprint density at radius 2 is 1.84 bits per heavy atom. The minimum absolute atomic E-state index is 0.0411. The van der Waals surface area contributed by atoms with Crippen LogP contribution in [0.3, 0.4) is 0 Å². The van der Waals surface area contributed by atoms with Crippen molar-refractivity contribution in [3.8, 4) is 11.6 Å². The number of nitrogens with two attached hydrogens (primary N) is 1. The molecule has 0 aliphatic heterocycles. The summed E-state index contributed by atoms with van der Waals surface area (Å²) < 4.78 is 18.4. The van der Waals surface area contributed by atoms with Crippen LogP contribution in [0.15, 0.2) is 42.6 Å². The molecule has 2 aromatic rings. The van der Waals surface area contributed by atoms with Gasteiger partial charge in [-0.15, -0.1) is 0 Å². The van der Waals surface area contributed by atoms with Gasteiger partial charge in [-0.3, -0.25) is 4.79 Å². The summed E-state index contributed by atoms with van der Waals surface area (Å²) in [6.45, 7) is 1.14. The van der Waals surface area contributed by atoms with Gasteiger partial charge in [0.15, 0.2) is 0 Å². The van der Waals surface area contributed by atoms with Crippen LogP contribution in [0.4, 0.5) is 4.39 Å². The Morgan fingerprint density at radius 3 is 2.52 bits per heavy atom. The molecule has 0 unspecified atom stereocenters. The first-order valence-electron chi connectivity index (χ1n) is 8.52. The van der Waals surface area contributed by atoms with Gasteiger partial charge in [-0.1, -0.05) is 18.9 Å². The van der Waals surface area contributed by atoms with Gasteiger partial charge in [-0.2, -0.15) is 0 Å². The fourth-order valence-electron chi connectivity index (χ4n) is 2.27. The van der Waals surface area contributed by atoms with Crippen LogP contribution in [-0.2, 0) is 11.3 Å². The third-order valence-electron chi connectivity index (χ3n) is 3.68. The molecule has 0 spiro atoms. The number of hydrogen-bond donors (Lipinski definition) is 2. The van der Waals surface area contributed by atoms with Crippen LogP contribution in [0.25, 0.3) is 0 Å². The molecule has 0 radical (unpaired) electrons. The first kappa shape index (κ1) is 18.9. The van der Waals surface area contributed by atoms with E-state index in [0.717, 1.165) is 31.2 Å². The highest BCUT2D eigenvalue weighted by molar-refractivity contribution is 5.75. The Balaban J connectivity index is 1.71. The summed E-state index contributed by atoms with van der Waals surface area (Å²) in [4.78, 5) is 16.0. The lowest BCUT2D eigenvalue weighted by Gasteiger charge is -2.07. The summed E-state index contributed by atoms with van der Waals surface area (Å²) in [5.74, 6) is 0.663. The van der Waals surface area contributed by atoms with E-state index >= 15 is 0 Å². The van der Waals surface area contributed by atoms with E-state index in [4.69, 9.17) is 10.5 Å². The maximum Gasteiger partial charge on any atom is 0.220 e. The van der Waals surface area contributed by atoms with E-state index in [0.29, 0.717) is 31.1 Å². The summed E-state index contributed by atoms with van der Waals surface area (Å²) in [7, 11) is 0. The highest BCUT2D eigenvalue weighted by Gasteiger charge is 2.03. The number of nitrogens with one attached hydrogen (secondary N) is 1. The van der Waals surface area contributed by atoms with Crippen molar-refractivity contribution in [2.45, 2.75) is 38.6 Å². The maximum atomic E-state index is 12.9. The van der Waals surface area contributed by atoms with Gasteiger partial charge < -0.3 is 15.8 Å². The zero-order valence-corrected chi connectivity index (χ0v) is 14.2. The van der Waals surface area contributed by atoms with Crippen LogP contribution >= 0.6 is 0 Å². The van der Waals surface area contributed by atoms with E-state index in [-0.39, 0.29) is 11.7 Å². The van der Waals surface area contributed by atoms with E-state index < -0.39 is 0 Å². The average Bonchev–Trinajstić information content (AvgIpc) is 2.63. The molecule has 5 nitrogen and oxygen atoms in total. The van der Waals surface area contributed by atoms with Crippen molar-refractivity contribution in [3.63, 3.8) is 0 Å². The molecule has 134 valence electrons. The highest BCUT2D eigenvalue weighted by atomic mass is 19.1. The molecule has 1 aromatic heterocycles. The number of carbonyl (C=O) groups excluding carboxylic acids is 1. The van der Waals surface area contributed by atoms with Crippen molar-refractivity contribution in [3.05, 3.63) is 54.0 Å². The number of aromatic nitrogens is 1. The number of ether oxygens (including phenoxy) is 1. The molecule has 2 rings (SSSR count). The number of carbonyl (C=O) groups is 1. The summed E-state index contributed by atoms with van der Waals surface area (Å²) in [5.41, 5.74) is 6.32. The Hall–Kier alpha value is -2.47. The summed E-state index contributed by atoms with van der Waals surface area (Å²) in [5, 5.41) is 2.88. The molecule has 0 fully saturated rings. The van der Waals surface area contributed by atoms with Crippen LogP contribution in [0, 0.1) is 5.82 Å². The number of nitrogens with zero attached hydrogens (tertiary/aromatic N) is 1. The number of pyridine rings is 1. The molecular weight excluding hydrogens is 321 g/mol. The number of unbranched alkanes of at least 4 members (excludes halogenated alkanes) is 3. The summed E-state index contributed by atoms with van der Waals surface area (Å²) >= 11 is 0. The van der Waals surface area contributed by atoms with Gasteiger partial charge >= 0.3 is 0 Å². The van der Waals surface area contributed by atoms with Gasteiger partial charge in [0.1, 0.15) is 11.6 Å². The topological polar surface area (TPSA) is 77.2 Å². The zero-order chi connectivity index (χ0) is 17.9. The predicted octanol–water partition coefficient (Wildman–Crippen LogP) is 3.54. The molecule has 0 bridgehead atoms. The molecule has 3 N–H and O–H groups in total. The number of rotatable bonds is 10. The molecule has 1 aromatic carbocycles. The number of halogens is 1. The van der Waals surface area contributed by atoms with Crippen molar-refractivity contribution in [1.29, 1.82) is 0 Å². The second kappa shape index (κ2) is 10.4. The number of benzene rings is 1.